The molecule has 0 fully saturated rings. The van der Waals surface area contributed by atoms with Crippen LogP contribution in [-0.4, -0.2) is 42.9 Å². The number of carbonyl (C=O) groups is 2. The van der Waals surface area contributed by atoms with Crippen molar-refractivity contribution in [2.24, 2.45) is 0 Å². The SMILES string of the molecule is COc1ccc(OC)c(-n2cc(C(=O)O)c3c2C(c2ccccc2OC)CC(=O)N3)c1. The van der Waals surface area contributed by atoms with E-state index in [1.54, 1.807) is 44.1 Å². The molecule has 8 heteroatoms. The van der Waals surface area contributed by atoms with Crippen LogP contribution in [0.3, 0.4) is 0 Å². The van der Waals surface area contributed by atoms with Crippen molar-refractivity contribution >= 4 is 17.6 Å². The van der Waals surface area contributed by atoms with Gasteiger partial charge in [-0.1, -0.05) is 18.2 Å². The van der Waals surface area contributed by atoms with Gasteiger partial charge in [0.2, 0.25) is 5.91 Å². The minimum atomic E-state index is -1.14. The summed E-state index contributed by atoms with van der Waals surface area (Å²) in [6.07, 6.45) is 1.64. The molecule has 1 aliphatic heterocycles. The summed E-state index contributed by atoms with van der Waals surface area (Å²) in [5.74, 6) is -0.0894. The number of benzene rings is 2. The quantitative estimate of drug-likeness (QED) is 0.629. The van der Waals surface area contributed by atoms with Crippen LogP contribution in [-0.2, 0) is 4.79 Å². The molecule has 2 aromatic carbocycles. The Kier molecular flexibility index (Phi) is 5.29. The van der Waals surface area contributed by atoms with Crippen molar-refractivity contribution in [3.8, 4) is 22.9 Å². The van der Waals surface area contributed by atoms with Gasteiger partial charge < -0.3 is 29.2 Å². The normalized spacial score (nSPS) is 15.1. The topological polar surface area (TPSA) is 99.0 Å². The van der Waals surface area contributed by atoms with Gasteiger partial charge in [-0.15, -0.1) is 0 Å². The summed E-state index contributed by atoms with van der Waals surface area (Å²) in [7, 11) is 4.66. The molecule has 1 amide bonds. The number of carboxylic acids is 1. The fourth-order valence-corrected chi connectivity index (χ4v) is 4.03. The Labute approximate surface area is 179 Å². The number of nitrogens with one attached hydrogen (secondary N) is 1. The van der Waals surface area contributed by atoms with Gasteiger partial charge in [-0.2, -0.15) is 0 Å². The zero-order valence-corrected chi connectivity index (χ0v) is 17.3. The summed E-state index contributed by atoms with van der Waals surface area (Å²) >= 11 is 0. The fraction of sp³-hybridized carbons (Fsp3) is 0.217. The van der Waals surface area contributed by atoms with Crippen LogP contribution in [0.1, 0.15) is 34.0 Å². The number of aromatic nitrogens is 1. The third kappa shape index (κ3) is 3.46. The van der Waals surface area contributed by atoms with Crippen molar-refractivity contribution in [2.75, 3.05) is 26.6 Å². The average Bonchev–Trinajstić information content (AvgIpc) is 3.17. The maximum Gasteiger partial charge on any atom is 0.339 e. The number of amides is 1. The number of anilines is 1. The maximum absolute atomic E-state index is 12.6. The van der Waals surface area contributed by atoms with Crippen LogP contribution in [0.2, 0.25) is 0 Å². The third-order valence-electron chi connectivity index (χ3n) is 5.42. The van der Waals surface area contributed by atoms with Crippen LogP contribution in [0.4, 0.5) is 5.69 Å². The number of para-hydroxylation sites is 1. The van der Waals surface area contributed by atoms with Crippen molar-refractivity contribution in [1.29, 1.82) is 0 Å². The van der Waals surface area contributed by atoms with E-state index >= 15 is 0 Å². The summed E-state index contributed by atoms with van der Waals surface area (Å²) in [6, 6.07) is 12.7. The smallest absolute Gasteiger partial charge is 0.339 e. The van der Waals surface area contributed by atoms with Gasteiger partial charge in [-0.3, -0.25) is 4.79 Å². The van der Waals surface area contributed by atoms with Crippen molar-refractivity contribution in [3.05, 3.63) is 65.5 Å². The number of rotatable bonds is 6. The van der Waals surface area contributed by atoms with Crippen molar-refractivity contribution in [1.82, 2.24) is 4.57 Å². The fourth-order valence-electron chi connectivity index (χ4n) is 4.03. The van der Waals surface area contributed by atoms with Crippen LogP contribution < -0.4 is 19.5 Å². The Bertz CT molecular complexity index is 1170. The number of methoxy groups -OCH3 is 3. The second-order valence-corrected chi connectivity index (χ2v) is 7.06. The van der Waals surface area contributed by atoms with E-state index in [4.69, 9.17) is 14.2 Å². The lowest BCUT2D eigenvalue weighted by molar-refractivity contribution is -0.116. The highest BCUT2D eigenvalue weighted by Gasteiger charge is 2.36. The first-order chi connectivity index (χ1) is 15.0. The molecule has 0 spiro atoms. The molecule has 160 valence electrons. The molecule has 1 aliphatic rings. The molecule has 0 saturated heterocycles. The monoisotopic (exact) mass is 422 g/mol. The standard InChI is InChI=1S/C23H22N2O6/c1-29-13-8-9-19(31-3)17(10-13)25-12-16(23(27)28)21-22(25)15(11-20(26)24-21)14-6-4-5-7-18(14)30-2/h4-10,12,15H,11H2,1-3H3,(H,24,26)(H,27,28). The summed E-state index contributed by atoms with van der Waals surface area (Å²) < 4.78 is 18.2. The first-order valence-corrected chi connectivity index (χ1v) is 9.62. The van der Waals surface area contributed by atoms with E-state index in [2.05, 4.69) is 5.32 Å². The molecule has 4 rings (SSSR count). The second kappa shape index (κ2) is 8.06. The highest BCUT2D eigenvalue weighted by Crippen LogP contribution is 2.45. The molecule has 1 unspecified atom stereocenters. The van der Waals surface area contributed by atoms with Crippen molar-refractivity contribution < 1.29 is 28.9 Å². The van der Waals surface area contributed by atoms with E-state index in [0.29, 0.717) is 28.6 Å². The van der Waals surface area contributed by atoms with Crippen molar-refractivity contribution in [2.45, 2.75) is 12.3 Å². The van der Waals surface area contributed by atoms with Crippen LogP contribution in [0, 0.1) is 0 Å². The van der Waals surface area contributed by atoms with E-state index in [0.717, 1.165) is 5.56 Å². The van der Waals surface area contributed by atoms with Gasteiger partial charge in [0, 0.05) is 30.2 Å². The lowest BCUT2D eigenvalue weighted by atomic mass is 9.87. The Hall–Kier alpha value is -3.94. The average molecular weight is 422 g/mol. The van der Waals surface area contributed by atoms with E-state index in [1.807, 2.05) is 24.3 Å². The molecule has 0 bridgehead atoms. The van der Waals surface area contributed by atoms with Gasteiger partial charge >= 0.3 is 5.97 Å². The predicted octanol–water partition coefficient (Wildman–Crippen LogP) is 3.68. The molecule has 2 heterocycles. The molecule has 8 nitrogen and oxygen atoms in total. The zero-order chi connectivity index (χ0) is 22.1. The van der Waals surface area contributed by atoms with E-state index in [-0.39, 0.29) is 23.6 Å². The third-order valence-corrected chi connectivity index (χ3v) is 5.42. The molecular formula is C23H22N2O6. The minimum absolute atomic E-state index is 0.00665. The highest BCUT2D eigenvalue weighted by atomic mass is 16.5. The lowest BCUT2D eigenvalue weighted by Crippen LogP contribution is -2.25. The summed E-state index contributed by atoms with van der Waals surface area (Å²) in [5.41, 5.74) is 2.28. The summed E-state index contributed by atoms with van der Waals surface area (Å²) in [4.78, 5) is 24.6. The minimum Gasteiger partial charge on any atom is -0.497 e. The molecular weight excluding hydrogens is 400 g/mol. The molecule has 0 radical (unpaired) electrons. The molecule has 0 aliphatic carbocycles. The first-order valence-electron chi connectivity index (χ1n) is 9.62. The maximum atomic E-state index is 12.6. The van der Waals surface area contributed by atoms with Gasteiger partial charge in [-0.25, -0.2) is 4.79 Å². The number of ether oxygens (including phenoxy) is 3. The van der Waals surface area contributed by atoms with Gasteiger partial charge in [0.15, 0.2) is 0 Å². The second-order valence-electron chi connectivity index (χ2n) is 7.06. The molecule has 3 aromatic rings. The number of carbonyl (C=O) groups excluding carboxylic acids is 1. The zero-order valence-electron chi connectivity index (χ0n) is 17.3. The molecule has 0 saturated carbocycles. The first kappa shape index (κ1) is 20.3. The van der Waals surface area contributed by atoms with Crippen LogP contribution >= 0.6 is 0 Å². The number of fused-ring (bicyclic) bond motifs is 1. The van der Waals surface area contributed by atoms with E-state index in [1.165, 1.54) is 6.20 Å². The number of hydrogen-bond acceptors (Lipinski definition) is 5. The Morgan fingerprint density at radius 2 is 1.81 bits per heavy atom. The van der Waals surface area contributed by atoms with E-state index in [9.17, 15) is 14.7 Å². The lowest BCUT2D eigenvalue weighted by Gasteiger charge is -2.27. The molecule has 31 heavy (non-hydrogen) atoms. The van der Waals surface area contributed by atoms with Crippen LogP contribution in [0.5, 0.6) is 17.2 Å². The Balaban J connectivity index is 2.03. The van der Waals surface area contributed by atoms with Crippen LogP contribution in [0.15, 0.2) is 48.7 Å². The number of hydrogen-bond donors (Lipinski definition) is 2. The number of nitrogens with zero attached hydrogens (tertiary/aromatic N) is 1. The number of aromatic carboxylic acids is 1. The molecule has 1 aromatic heterocycles. The van der Waals surface area contributed by atoms with Gasteiger partial charge in [0.1, 0.15) is 22.8 Å². The largest absolute Gasteiger partial charge is 0.497 e. The Morgan fingerprint density at radius 3 is 2.48 bits per heavy atom. The summed E-state index contributed by atoms with van der Waals surface area (Å²) in [6.45, 7) is 0. The van der Waals surface area contributed by atoms with Gasteiger partial charge in [0.25, 0.3) is 0 Å². The molecule has 1 atom stereocenters. The molecule has 2 N–H and O–H groups in total. The van der Waals surface area contributed by atoms with Crippen LogP contribution in [0.25, 0.3) is 5.69 Å². The Morgan fingerprint density at radius 1 is 1.06 bits per heavy atom. The van der Waals surface area contributed by atoms with E-state index < -0.39 is 11.9 Å². The van der Waals surface area contributed by atoms with Gasteiger partial charge in [0.05, 0.1) is 38.4 Å². The van der Waals surface area contributed by atoms with Crippen molar-refractivity contribution in [3.63, 3.8) is 0 Å². The predicted molar refractivity (Wildman–Crippen MR) is 114 cm³/mol. The number of carboxylic acid groups (broad SMARTS) is 1. The highest BCUT2D eigenvalue weighted by molar-refractivity contribution is 6.04. The van der Waals surface area contributed by atoms with Gasteiger partial charge in [-0.05, 0) is 18.2 Å². The summed E-state index contributed by atoms with van der Waals surface area (Å²) in [5, 5.41) is 12.6.